The minimum absolute atomic E-state index is 0. The fraction of sp³-hybridized carbons (Fsp3) is 0.471. The minimum Gasteiger partial charge on any atom is -0.304 e. The second-order valence-electron chi connectivity index (χ2n) is 6.51. The van der Waals surface area contributed by atoms with Gasteiger partial charge >= 0.3 is 0 Å². The third-order valence-corrected chi connectivity index (χ3v) is 7.39. The molecular formula is C17H24Cl2N4O2S2. The fourth-order valence-corrected chi connectivity index (χ4v) is 5.36. The molecule has 1 saturated heterocycles. The Bertz CT molecular complexity index is 866. The Morgan fingerprint density at radius 2 is 1.96 bits per heavy atom. The largest absolute Gasteiger partial charge is 0.304 e. The Kier molecular flexibility index (Phi) is 7.91. The van der Waals surface area contributed by atoms with E-state index in [1.54, 1.807) is 25.1 Å². The molecule has 0 saturated carbocycles. The summed E-state index contributed by atoms with van der Waals surface area (Å²) in [5.74, 6) is 0. The molecular weight excluding hydrogens is 427 g/mol. The lowest BCUT2D eigenvalue weighted by atomic mass is 10.2. The highest BCUT2D eigenvalue weighted by molar-refractivity contribution is 7.93. The monoisotopic (exact) mass is 450 g/mol. The molecule has 0 bridgehead atoms. The van der Waals surface area contributed by atoms with Crippen LogP contribution in [0.4, 0.5) is 5.13 Å². The molecule has 1 aromatic carbocycles. The molecule has 0 unspecified atom stereocenters. The summed E-state index contributed by atoms with van der Waals surface area (Å²) < 4.78 is 27.8. The van der Waals surface area contributed by atoms with Gasteiger partial charge in [-0.25, -0.2) is 13.4 Å². The van der Waals surface area contributed by atoms with Crippen LogP contribution in [0.1, 0.15) is 11.3 Å². The zero-order valence-electron chi connectivity index (χ0n) is 15.3. The quantitative estimate of drug-likeness (QED) is 0.731. The molecule has 1 aromatic heterocycles. The lowest BCUT2D eigenvalue weighted by molar-refractivity contribution is 0.155. The highest BCUT2D eigenvalue weighted by Gasteiger charge is 2.20. The van der Waals surface area contributed by atoms with E-state index in [4.69, 9.17) is 11.6 Å². The Balaban J connectivity index is 0.00000261. The van der Waals surface area contributed by atoms with Crippen molar-refractivity contribution in [3.63, 3.8) is 0 Å². The Labute approximate surface area is 176 Å². The first kappa shape index (κ1) is 22.4. The number of sulfonamides is 1. The number of nitrogens with one attached hydrogen (secondary N) is 1. The highest BCUT2D eigenvalue weighted by Crippen LogP contribution is 2.26. The SMILES string of the molecule is Cc1c(Cl)cccc1S(=O)(=O)Nc1nc(CCN2CCN(C)CC2)cs1.Cl. The van der Waals surface area contributed by atoms with E-state index >= 15 is 0 Å². The van der Waals surface area contributed by atoms with Crippen molar-refractivity contribution in [2.24, 2.45) is 0 Å². The molecule has 27 heavy (non-hydrogen) atoms. The zero-order valence-corrected chi connectivity index (χ0v) is 18.5. The lowest BCUT2D eigenvalue weighted by Gasteiger charge is -2.32. The number of rotatable bonds is 6. The van der Waals surface area contributed by atoms with Crippen LogP contribution in [0, 0.1) is 6.92 Å². The second-order valence-corrected chi connectivity index (χ2v) is 9.42. The Morgan fingerprint density at radius 1 is 1.26 bits per heavy atom. The number of benzene rings is 1. The summed E-state index contributed by atoms with van der Waals surface area (Å²) in [7, 11) is -1.56. The van der Waals surface area contributed by atoms with Crippen LogP contribution in [0.3, 0.4) is 0 Å². The fourth-order valence-electron chi connectivity index (χ4n) is 2.86. The molecule has 0 atom stereocenters. The van der Waals surface area contributed by atoms with Crippen molar-refractivity contribution in [1.82, 2.24) is 14.8 Å². The predicted octanol–water partition coefficient (Wildman–Crippen LogP) is 3.12. The number of hydrogen-bond acceptors (Lipinski definition) is 6. The van der Waals surface area contributed by atoms with Gasteiger partial charge in [-0.15, -0.1) is 23.7 Å². The lowest BCUT2D eigenvalue weighted by Crippen LogP contribution is -2.45. The minimum atomic E-state index is -3.70. The van der Waals surface area contributed by atoms with Gasteiger partial charge in [-0.05, 0) is 31.7 Å². The van der Waals surface area contributed by atoms with Gasteiger partial charge in [0, 0.05) is 49.5 Å². The number of halogens is 2. The number of hydrogen-bond donors (Lipinski definition) is 1. The maximum Gasteiger partial charge on any atom is 0.263 e. The van der Waals surface area contributed by atoms with Crippen LogP contribution in [0.15, 0.2) is 28.5 Å². The van der Waals surface area contributed by atoms with E-state index in [0.717, 1.165) is 44.8 Å². The van der Waals surface area contributed by atoms with E-state index in [1.165, 1.54) is 11.3 Å². The van der Waals surface area contributed by atoms with Gasteiger partial charge in [0.25, 0.3) is 10.0 Å². The summed E-state index contributed by atoms with van der Waals surface area (Å²) >= 11 is 7.35. The topological polar surface area (TPSA) is 65.5 Å². The second kappa shape index (κ2) is 9.54. The van der Waals surface area contributed by atoms with Gasteiger partial charge in [-0.3, -0.25) is 4.72 Å². The van der Waals surface area contributed by atoms with Gasteiger partial charge < -0.3 is 9.80 Å². The molecule has 1 aliphatic heterocycles. The summed E-state index contributed by atoms with van der Waals surface area (Å²) in [5, 5.41) is 2.73. The van der Waals surface area contributed by atoms with Crippen molar-refractivity contribution in [3.05, 3.63) is 39.9 Å². The van der Waals surface area contributed by atoms with E-state index in [-0.39, 0.29) is 17.3 Å². The van der Waals surface area contributed by atoms with Crippen LogP contribution in [0.2, 0.25) is 5.02 Å². The van der Waals surface area contributed by atoms with Gasteiger partial charge in [0.05, 0.1) is 10.6 Å². The Morgan fingerprint density at radius 3 is 2.67 bits per heavy atom. The number of aromatic nitrogens is 1. The summed E-state index contributed by atoms with van der Waals surface area (Å²) in [5.41, 5.74) is 1.45. The van der Waals surface area contributed by atoms with Crippen molar-refractivity contribution in [1.29, 1.82) is 0 Å². The van der Waals surface area contributed by atoms with Gasteiger partial charge in [-0.2, -0.15) is 0 Å². The first-order valence-corrected chi connectivity index (χ1v) is 11.2. The van der Waals surface area contributed by atoms with Crippen molar-refractivity contribution in [2.75, 3.05) is 44.5 Å². The summed E-state index contributed by atoms with van der Waals surface area (Å²) in [6, 6.07) is 4.86. The van der Waals surface area contributed by atoms with Gasteiger partial charge in [0.1, 0.15) is 0 Å². The van der Waals surface area contributed by atoms with Crippen LogP contribution in [-0.4, -0.2) is 63.0 Å². The number of likely N-dealkylation sites (N-methyl/N-ethyl adjacent to an activating group) is 1. The summed E-state index contributed by atoms with van der Waals surface area (Å²) in [6.45, 7) is 6.93. The van der Waals surface area contributed by atoms with Crippen LogP contribution in [-0.2, 0) is 16.4 Å². The van der Waals surface area contributed by atoms with E-state index < -0.39 is 10.0 Å². The van der Waals surface area contributed by atoms with E-state index in [2.05, 4.69) is 26.6 Å². The van der Waals surface area contributed by atoms with Crippen LogP contribution in [0.5, 0.6) is 0 Å². The van der Waals surface area contributed by atoms with Crippen LogP contribution in [0.25, 0.3) is 0 Å². The summed E-state index contributed by atoms with van der Waals surface area (Å²) in [6.07, 6.45) is 0.818. The molecule has 0 amide bonds. The summed E-state index contributed by atoms with van der Waals surface area (Å²) in [4.78, 5) is 9.35. The first-order valence-electron chi connectivity index (χ1n) is 8.48. The molecule has 1 aliphatic rings. The molecule has 2 heterocycles. The third kappa shape index (κ3) is 5.79. The number of piperazine rings is 1. The normalized spacial score (nSPS) is 16.1. The molecule has 0 aliphatic carbocycles. The highest BCUT2D eigenvalue weighted by atomic mass is 35.5. The van der Waals surface area contributed by atoms with Crippen LogP contribution < -0.4 is 4.72 Å². The molecule has 2 aromatic rings. The molecule has 6 nitrogen and oxygen atoms in total. The number of anilines is 1. The molecule has 1 N–H and O–H groups in total. The van der Waals surface area contributed by atoms with Crippen molar-refractivity contribution in [3.8, 4) is 0 Å². The average molecular weight is 451 g/mol. The third-order valence-electron chi connectivity index (χ3n) is 4.56. The molecule has 10 heteroatoms. The van der Waals surface area contributed by atoms with Gasteiger partial charge in [0.2, 0.25) is 0 Å². The maximum atomic E-state index is 12.6. The molecule has 1 fully saturated rings. The predicted molar refractivity (Wildman–Crippen MR) is 114 cm³/mol. The van der Waals surface area contributed by atoms with E-state index in [1.807, 2.05) is 5.38 Å². The van der Waals surface area contributed by atoms with Crippen LogP contribution >= 0.6 is 35.3 Å². The van der Waals surface area contributed by atoms with Gasteiger partial charge in [-0.1, -0.05) is 17.7 Å². The smallest absolute Gasteiger partial charge is 0.263 e. The Hall–Kier alpha value is -0.900. The van der Waals surface area contributed by atoms with Crippen molar-refractivity contribution >= 4 is 50.5 Å². The van der Waals surface area contributed by atoms with Crippen molar-refractivity contribution < 1.29 is 8.42 Å². The number of nitrogens with zero attached hydrogens (tertiary/aromatic N) is 3. The van der Waals surface area contributed by atoms with E-state index in [9.17, 15) is 8.42 Å². The molecule has 150 valence electrons. The molecule has 0 spiro atoms. The van der Waals surface area contributed by atoms with E-state index in [0.29, 0.717) is 15.7 Å². The van der Waals surface area contributed by atoms with Gasteiger partial charge in [0.15, 0.2) is 5.13 Å². The first-order chi connectivity index (χ1) is 12.3. The average Bonchev–Trinajstić information content (AvgIpc) is 3.03. The standard InChI is InChI=1S/C17H23ClN4O2S2.ClH/c1-13-15(18)4-3-5-16(13)26(23,24)20-17-19-14(12-25-17)6-7-22-10-8-21(2)9-11-22;/h3-5,12H,6-11H2,1-2H3,(H,19,20);1H. The zero-order chi connectivity index (χ0) is 18.7. The number of thiazole rings is 1. The maximum absolute atomic E-state index is 12.6. The molecule has 3 rings (SSSR count). The molecule has 0 radical (unpaired) electrons. The van der Waals surface area contributed by atoms with Crippen molar-refractivity contribution in [2.45, 2.75) is 18.2 Å².